The van der Waals surface area contributed by atoms with E-state index in [1.54, 1.807) is 17.1 Å². The van der Waals surface area contributed by atoms with Gasteiger partial charge in [0.05, 0.1) is 6.33 Å². The molecule has 2 rings (SSSR count). The summed E-state index contributed by atoms with van der Waals surface area (Å²) in [5.41, 5.74) is 0.302. The Morgan fingerprint density at radius 3 is 2.61 bits per heavy atom. The molecule has 96 valence electrons. The van der Waals surface area contributed by atoms with Crippen LogP contribution < -0.4 is 5.32 Å². The number of hydrogen-bond acceptors (Lipinski definition) is 5. The van der Waals surface area contributed by atoms with Crippen LogP contribution in [0.4, 0.5) is 5.13 Å². The van der Waals surface area contributed by atoms with Crippen molar-refractivity contribution in [2.75, 3.05) is 5.32 Å². The molecule has 1 amide bonds. The Bertz CT molecular complexity index is 566. The van der Waals surface area contributed by atoms with E-state index >= 15 is 0 Å². The molecular weight excluding hydrogens is 250 g/mol. The van der Waals surface area contributed by atoms with Crippen molar-refractivity contribution in [3.63, 3.8) is 0 Å². The predicted octanol–water partition coefficient (Wildman–Crippen LogP) is 1.82. The van der Waals surface area contributed by atoms with Gasteiger partial charge in [-0.05, 0) is 0 Å². The maximum absolute atomic E-state index is 11.8. The molecule has 0 saturated heterocycles. The van der Waals surface area contributed by atoms with Gasteiger partial charge >= 0.3 is 0 Å². The zero-order valence-corrected chi connectivity index (χ0v) is 11.6. The van der Waals surface area contributed by atoms with E-state index in [2.05, 4.69) is 41.3 Å². The third-order valence-corrected chi connectivity index (χ3v) is 3.49. The largest absolute Gasteiger partial charge is 0.340 e. The highest BCUT2D eigenvalue weighted by molar-refractivity contribution is 7.15. The second kappa shape index (κ2) is 4.49. The number of carbonyl (C=O) groups excluding carboxylic acids is 1. The van der Waals surface area contributed by atoms with Crippen LogP contribution in [0, 0.1) is 0 Å². The molecule has 0 fully saturated rings. The number of amides is 1. The number of rotatable bonds is 2. The van der Waals surface area contributed by atoms with E-state index in [0.29, 0.717) is 10.8 Å². The third-order valence-electron chi connectivity index (χ3n) is 2.22. The van der Waals surface area contributed by atoms with Gasteiger partial charge in [-0.2, -0.15) is 0 Å². The predicted molar refractivity (Wildman–Crippen MR) is 69.8 cm³/mol. The van der Waals surface area contributed by atoms with Gasteiger partial charge in [0.15, 0.2) is 0 Å². The lowest BCUT2D eigenvalue weighted by Crippen LogP contribution is -2.12. The Morgan fingerprint density at radius 1 is 1.39 bits per heavy atom. The van der Waals surface area contributed by atoms with Crippen LogP contribution >= 0.6 is 11.3 Å². The molecule has 1 N–H and O–H groups in total. The van der Waals surface area contributed by atoms with Gasteiger partial charge in [-0.15, -0.1) is 10.2 Å². The highest BCUT2D eigenvalue weighted by Gasteiger charge is 2.20. The number of hydrogen-bond donors (Lipinski definition) is 1. The van der Waals surface area contributed by atoms with E-state index in [1.807, 2.05) is 7.05 Å². The fourth-order valence-electron chi connectivity index (χ4n) is 1.27. The fraction of sp³-hybridized carbons (Fsp3) is 0.455. The summed E-state index contributed by atoms with van der Waals surface area (Å²) in [6.45, 7) is 6.16. The van der Waals surface area contributed by atoms with Crippen LogP contribution in [0.15, 0.2) is 12.5 Å². The van der Waals surface area contributed by atoms with E-state index < -0.39 is 0 Å². The van der Waals surface area contributed by atoms with Crippen LogP contribution in [-0.2, 0) is 12.5 Å². The first kappa shape index (κ1) is 12.7. The summed E-state index contributed by atoms with van der Waals surface area (Å²) in [6, 6.07) is 0. The number of anilines is 1. The number of aromatic nitrogens is 4. The molecule has 2 heterocycles. The van der Waals surface area contributed by atoms with Gasteiger partial charge in [0, 0.05) is 18.7 Å². The van der Waals surface area contributed by atoms with Gasteiger partial charge in [0.2, 0.25) is 5.13 Å². The Labute approximate surface area is 109 Å². The normalized spacial score (nSPS) is 11.6. The van der Waals surface area contributed by atoms with E-state index in [-0.39, 0.29) is 11.3 Å². The van der Waals surface area contributed by atoms with Crippen molar-refractivity contribution in [2.45, 2.75) is 26.2 Å². The molecule has 0 spiro atoms. The van der Waals surface area contributed by atoms with Gasteiger partial charge in [0.25, 0.3) is 5.91 Å². The molecule has 6 nitrogen and oxygen atoms in total. The number of nitrogens with one attached hydrogen (secondary N) is 1. The van der Waals surface area contributed by atoms with Crippen molar-refractivity contribution >= 4 is 22.4 Å². The van der Waals surface area contributed by atoms with Gasteiger partial charge in [-0.25, -0.2) is 4.98 Å². The molecule has 18 heavy (non-hydrogen) atoms. The van der Waals surface area contributed by atoms with Crippen molar-refractivity contribution in [2.24, 2.45) is 7.05 Å². The minimum atomic E-state index is -0.271. The summed E-state index contributed by atoms with van der Waals surface area (Å²) >= 11 is 1.38. The van der Waals surface area contributed by atoms with Gasteiger partial charge < -0.3 is 4.57 Å². The Kier molecular flexibility index (Phi) is 3.16. The highest BCUT2D eigenvalue weighted by atomic mass is 32.1. The molecule has 0 radical (unpaired) electrons. The zero-order chi connectivity index (χ0) is 13.3. The van der Waals surface area contributed by atoms with Crippen molar-refractivity contribution in [3.8, 4) is 0 Å². The average Bonchev–Trinajstić information content (AvgIpc) is 2.85. The second-order valence-electron chi connectivity index (χ2n) is 5.04. The van der Waals surface area contributed by atoms with Gasteiger partial charge in [0.1, 0.15) is 10.7 Å². The standard InChI is InChI=1S/C11H15N5OS/c1-11(2,3)9-14-15-10(18-9)13-8(17)7-5-16(4)6-12-7/h5-6H,1-4H3,(H,13,15,17). The molecule has 0 aromatic carbocycles. The summed E-state index contributed by atoms with van der Waals surface area (Å²) in [5.74, 6) is -0.271. The Morgan fingerprint density at radius 2 is 2.11 bits per heavy atom. The Balaban J connectivity index is 2.10. The van der Waals surface area contributed by atoms with Crippen molar-refractivity contribution in [1.82, 2.24) is 19.7 Å². The summed E-state index contributed by atoms with van der Waals surface area (Å²) < 4.78 is 1.72. The number of carbonyl (C=O) groups is 1. The first-order chi connectivity index (χ1) is 8.36. The lowest BCUT2D eigenvalue weighted by Gasteiger charge is -2.12. The van der Waals surface area contributed by atoms with E-state index in [9.17, 15) is 4.79 Å². The molecule has 7 heteroatoms. The highest BCUT2D eigenvalue weighted by Crippen LogP contribution is 2.27. The molecule has 0 saturated carbocycles. The van der Waals surface area contributed by atoms with Gasteiger partial charge in [-0.3, -0.25) is 10.1 Å². The van der Waals surface area contributed by atoms with Crippen LogP contribution in [-0.4, -0.2) is 25.7 Å². The van der Waals surface area contributed by atoms with Gasteiger partial charge in [-0.1, -0.05) is 32.1 Å². The maximum Gasteiger partial charge on any atom is 0.277 e. The van der Waals surface area contributed by atoms with E-state index in [0.717, 1.165) is 5.01 Å². The summed E-state index contributed by atoms with van der Waals surface area (Å²) in [7, 11) is 1.81. The minimum absolute atomic E-state index is 0.0638. The molecule has 0 bridgehead atoms. The second-order valence-corrected chi connectivity index (χ2v) is 6.02. The fourth-order valence-corrected chi connectivity index (χ4v) is 2.06. The van der Waals surface area contributed by atoms with Crippen LogP contribution in [0.3, 0.4) is 0 Å². The molecule has 2 aromatic heterocycles. The zero-order valence-electron chi connectivity index (χ0n) is 10.8. The minimum Gasteiger partial charge on any atom is -0.340 e. The van der Waals surface area contributed by atoms with Crippen molar-refractivity contribution < 1.29 is 4.79 Å². The third kappa shape index (κ3) is 2.73. The number of nitrogens with zero attached hydrogens (tertiary/aromatic N) is 4. The average molecular weight is 265 g/mol. The first-order valence-electron chi connectivity index (χ1n) is 5.49. The first-order valence-corrected chi connectivity index (χ1v) is 6.31. The van der Waals surface area contributed by atoms with E-state index in [1.165, 1.54) is 11.3 Å². The van der Waals surface area contributed by atoms with Crippen LogP contribution in [0.2, 0.25) is 0 Å². The molecule has 0 aliphatic carbocycles. The quantitative estimate of drug-likeness (QED) is 0.899. The SMILES string of the molecule is Cn1cnc(C(=O)Nc2nnc(C(C)(C)C)s2)c1. The van der Waals surface area contributed by atoms with Crippen LogP contribution in [0.5, 0.6) is 0 Å². The molecule has 0 atom stereocenters. The summed E-state index contributed by atoms with van der Waals surface area (Å²) in [6.07, 6.45) is 3.23. The monoisotopic (exact) mass is 265 g/mol. The van der Waals surface area contributed by atoms with Crippen molar-refractivity contribution in [1.29, 1.82) is 0 Å². The molecular formula is C11H15N5OS. The van der Waals surface area contributed by atoms with Crippen molar-refractivity contribution in [3.05, 3.63) is 23.2 Å². The van der Waals surface area contributed by atoms with Crippen LogP contribution in [0.1, 0.15) is 36.3 Å². The summed E-state index contributed by atoms with van der Waals surface area (Å²) in [4.78, 5) is 15.8. The maximum atomic E-state index is 11.8. The molecule has 2 aromatic rings. The number of imidazole rings is 1. The molecule has 0 aliphatic heterocycles. The van der Waals surface area contributed by atoms with E-state index in [4.69, 9.17) is 0 Å². The van der Waals surface area contributed by atoms with Crippen LogP contribution in [0.25, 0.3) is 0 Å². The lowest BCUT2D eigenvalue weighted by molar-refractivity contribution is 0.102. The smallest absolute Gasteiger partial charge is 0.277 e. The number of aryl methyl sites for hydroxylation is 1. The lowest BCUT2D eigenvalue weighted by atomic mass is 9.98. The molecule has 0 unspecified atom stereocenters. The summed E-state index contributed by atoms with van der Waals surface area (Å²) in [5, 5.41) is 12.1. The topological polar surface area (TPSA) is 72.7 Å². The Hall–Kier alpha value is -1.76. The molecule has 0 aliphatic rings.